The molecule has 23 heavy (non-hydrogen) atoms. The first-order valence-electron chi connectivity index (χ1n) is 7.06. The SMILES string of the molecule is Cc1cnc(CS(=O)Cc2csc(COc3ccccc3)n2)o1. The molecule has 1 unspecified atom stereocenters. The molecule has 0 aliphatic carbocycles. The van der Waals surface area contributed by atoms with Crippen molar-refractivity contribution >= 4 is 22.1 Å². The maximum Gasteiger partial charge on any atom is 0.206 e. The summed E-state index contributed by atoms with van der Waals surface area (Å²) in [6, 6.07) is 9.61. The van der Waals surface area contributed by atoms with Gasteiger partial charge in [0, 0.05) is 16.2 Å². The van der Waals surface area contributed by atoms with Gasteiger partial charge in [-0.2, -0.15) is 0 Å². The Balaban J connectivity index is 1.51. The van der Waals surface area contributed by atoms with Crippen LogP contribution in [0.4, 0.5) is 0 Å². The molecule has 7 heteroatoms. The largest absolute Gasteiger partial charge is 0.486 e. The molecule has 1 atom stereocenters. The first-order chi connectivity index (χ1) is 11.2. The van der Waals surface area contributed by atoms with Crippen molar-refractivity contribution in [2.24, 2.45) is 0 Å². The number of nitrogens with zero attached hydrogens (tertiary/aromatic N) is 2. The Kier molecular flexibility index (Phi) is 5.19. The molecule has 0 spiro atoms. The van der Waals surface area contributed by atoms with Crippen molar-refractivity contribution in [2.45, 2.75) is 25.0 Å². The standard InChI is InChI=1S/C16H16N2O3S2/c1-12-7-17-15(21-12)11-23(19)10-13-9-22-16(18-13)8-20-14-5-3-2-4-6-14/h2-7,9H,8,10-11H2,1H3. The fourth-order valence-corrected chi connectivity index (χ4v) is 3.76. The second kappa shape index (κ2) is 7.52. The summed E-state index contributed by atoms with van der Waals surface area (Å²) in [5, 5.41) is 2.79. The molecule has 0 amide bonds. The fourth-order valence-electron chi connectivity index (χ4n) is 1.97. The zero-order valence-corrected chi connectivity index (χ0v) is 14.2. The number of aromatic nitrogens is 2. The second-order valence-corrected chi connectivity index (χ2v) is 7.33. The van der Waals surface area contributed by atoms with Crippen LogP contribution in [0.1, 0.15) is 22.4 Å². The number of aryl methyl sites for hydroxylation is 1. The van der Waals surface area contributed by atoms with Crippen LogP contribution in [-0.4, -0.2) is 14.2 Å². The minimum absolute atomic E-state index is 0.307. The molecular weight excluding hydrogens is 332 g/mol. The summed E-state index contributed by atoms with van der Waals surface area (Å²) < 4.78 is 23.1. The van der Waals surface area contributed by atoms with E-state index in [0.29, 0.717) is 24.0 Å². The van der Waals surface area contributed by atoms with Crippen LogP contribution in [0.5, 0.6) is 5.75 Å². The van der Waals surface area contributed by atoms with Gasteiger partial charge in [0.25, 0.3) is 0 Å². The molecule has 0 N–H and O–H groups in total. The Morgan fingerprint density at radius 3 is 2.83 bits per heavy atom. The van der Waals surface area contributed by atoms with E-state index >= 15 is 0 Å². The van der Waals surface area contributed by atoms with Crippen LogP contribution in [0.2, 0.25) is 0 Å². The summed E-state index contributed by atoms with van der Waals surface area (Å²) in [4.78, 5) is 8.53. The molecule has 120 valence electrons. The topological polar surface area (TPSA) is 65.2 Å². The van der Waals surface area contributed by atoms with Gasteiger partial charge in [-0.05, 0) is 19.1 Å². The van der Waals surface area contributed by atoms with Gasteiger partial charge >= 0.3 is 0 Å². The normalized spacial score (nSPS) is 12.2. The van der Waals surface area contributed by atoms with E-state index in [-0.39, 0.29) is 0 Å². The molecule has 0 radical (unpaired) electrons. The lowest BCUT2D eigenvalue weighted by Gasteiger charge is -2.02. The number of hydrogen-bond acceptors (Lipinski definition) is 6. The Bertz CT molecular complexity index is 783. The minimum Gasteiger partial charge on any atom is -0.486 e. The average molecular weight is 348 g/mol. The van der Waals surface area contributed by atoms with Crippen LogP contribution in [0.3, 0.4) is 0 Å². The smallest absolute Gasteiger partial charge is 0.206 e. The van der Waals surface area contributed by atoms with Crippen molar-refractivity contribution in [1.29, 1.82) is 0 Å². The van der Waals surface area contributed by atoms with Gasteiger partial charge in [0.05, 0.1) is 17.6 Å². The second-order valence-electron chi connectivity index (χ2n) is 4.93. The molecular formula is C16H16N2O3S2. The van der Waals surface area contributed by atoms with E-state index in [4.69, 9.17) is 9.15 Å². The van der Waals surface area contributed by atoms with Gasteiger partial charge in [0.1, 0.15) is 28.9 Å². The highest BCUT2D eigenvalue weighted by molar-refractivity contribution is 7.83. The van der Waals surface area contributed by atoms with Crippen molar-refractivity contribution in [1.82, 2.24) is 9.97 Å². The predicted octanol–water partition coefficient (Wildman–Crippen LogP) is 3.47. The molecule has 0 aliphatic heterocycles. The highest BCUT2D eigenvalue weighted by Gasteiger charge is 2.11. The molecule has 1 aromatic carbocycles. The van der Waals surface area contributed by atoms with Gasteiger partial charge in [0.15, 0.2) is 0 Å². The van der Waals surface area contributed by atoms with Crippen molar-refractivity contribution in [3.63, 3.8) is 0 Å². The van der Waals surface area contributed by atoms with Crippen LogP contribution >= 0.6 is 11.3 Å². The lowest BCUT2D eigenvalue weighted by molar-refractivity contribution is 0.305. The van der Waals surface area contributed by atoms with E-state index in [1.54, 1.807) is 6.20 Å². The third-order valence-electron chi connectivity index (χ3n) is 2.97. The minimum atomic E-state index is -1.09. The highest BCUT2D eigenvalue weighted by atomic mass is 32.2. The van der Waals surface area contributed by atoms with Gasteiger partial charge in [-0.25, -0.2) is 9.97 Å². The molecule has 0 saturated heterocycles. The molecule has 0 aliphatic rings. The zero-order valence-electron chi connectivity index (χ0n) is 12.6. The summed E-state index contributed by atoms with van der Waals surface area (Å²) in [6.45, 7) is 2.24. The summed E-state index contributed by atoms with van der Waals surface area (Å²) in [7, 11) is -1.09. The van der Waals surface area contributed by atoms with Crippen molar-refractivity contribution < 1.29 is 13.4 Å². The maximum atomic E-state index is 12.1. The van der Waals surface area contributed by atoms with Crippen LogP contribution in [-0.2, 0) is 28.9 Å². The van der Waals surface area contributed by atoms with Crippen molar-refractivity contribution in [3.8, 4) is 5.75 Å². The van der Waals surface area contributed by atoms with Crippen molar-refractivity contribution in [3.05, 3.63) is 64.3 Å². The van der Waals surface area contributed by atoms with E-state index in [1.807, 2.05) is 42.6 Å². The molecule has 2 heterocycles. The number of oxazole rings is 1. The summed E-state index contributed by atoms with van der Waals surface area (Å²) in [6.07, 6.45) is 1.63. The monoisotopic (exact) mass is 348 g/mol. The fraction of sp³-hybridized carbons (Fsp3) is 0.250. The van der Waals surface area contributed by atoms with Crippen molar-refractivity contribution in [2.75, 3.05) is 0 Å². The number of rotatable bonds is 7. The van der Waals surface area contributed by atoms with Gasteiger partial charge in [-0.3, -0.25) is 4.21 Å². The number of ether oxygens (including phenoxy) is 1. The summed E-state index contributed by atoms with van der Waals surface area (Å²) >= 11 is 1.51. The summed E-state index contributed by atoms with van der Waals surface area (Å²) in [5.74, 6) is 2.74. The molecule has 3 rings (SSSR count). The van der Waals surface area contributed by atoms with E-state index in [0.717, 1.165) is 22.2 Å². The molecule has 0 saturated carbocycles. The third kappa shape index (κ3) is 4.74. The molecule has 0 fully saturated rings. The zero-order chi connectivity index (χ0) is 16.1. The number of benzene rings is 1. The first kappa shape index (κ1) is 15.9. The van der Waals surface area contributed by atoms with Gasteiger partial charge in [-0.1, -0.05) is 18.2 Å². The molecule has 2 aromatic heterocycles. The van der Waals surface area contributed by atoms with E-state index in [9.17, 15) is 4.21 Å². The quantitative estimate of drug-likeness (QED) is 0.654. The molecule has 0 bridgehead atoms. The van der Waals surface area contributed by atoms with E-state index in [1.165, 1.54) is 11.3 Å². The Labute approximate surface area is 140 Å². The highest BCUT2D eigenvalue weighted by Crippen LogP contribution is 2.16. The lowest BCUT2D eigenvalue weighted by Crippen LogP contribution is -2.01. The maximum absolute atomic E-state index is 12.1. The van der Waals surface area contributed by atoms with Gasteiger partial charge < -0.3 is 9.15 Å². The Morgan fingerprint density at radius 2 is 2.09 bits per heavy atom. The van der Waals surface area contributed by atoms with E-state index in [2.05, 4.69) is 9.97 Å². The lowest BCUT2D eigenvalue weighted by atomic mass is 10.3. The number of thiazole rings is 1. The van der Waals surface area contributed by atoms with Crippen LogP contribution in [0, 0.1) is 6.92 Å². The van der Waals surface area contributed by atoms with Crippen LogP contribution in [0.15, 0.2) is 46.3 Å². The Morgan fingerprint density at radius 1 is 1.26 bits per heavy atom. The van der Waals surface area contributed by atoms with E-state index < -0.39 is 10.8 Å². The third-order valence-corrected chi connectivity index (χ3v) is 5.03. The first-order valence-corrected chi connectivity index (χ1v) is 9.43. The average Bonchev–Trinajstić information content (AvgIpc) is 3.15. The van der Waals surface area contributed by atoms with Gasteiger partial charge in [-0.15, -0.1) is 11.3 Å². The summed E-state index contributed by atoms with van der Waals surface area (Å²) in [5.41, 5.74) is 0.809. The predicted molar refractivity (Wildman–Crippen MR) is 89.7 cm³/mol. The van der Waals surface area contributed by atoms with Crippen LogP contribution < -0.4 is 4.74 Å². The molecule has 5 nitrogen and oxygen atoms in total. The van der Waals surface area contributed by atoms with Crippen LogP contribution in [0.25, 0.3) is 0 Å². The Hall–Kier alpha value is -1.99. The van der Waals surface area contributed by atoms with Gasteiger partial charge in [0.2, 0.25) is 5.89 Å². The molecule has 3 aromatic rings. The number of para-hydroxylation sites is 1. The number of hydrogen-bond donors (Lipinski definition) is 0.